The average Bonchev–Trinajstić information content (AvgIpc) is 2.68. The van der Waals surface area contributed by atoms with Crippen LogP contribution in [0.1, 0.15) is 85.5 Å². The summed E-state index contributed by atoms with van der Waals surface area (Å²) < 4.78 is 0. The molecular weight excluding hydrogens is 240 g/mol. The van der Waals surface area contributed by atoms with E-state index in [9.17, 15) is 0 Å². The lowest BCUT2D eigenvalue weighted by Crippen LogP contribution is -2.38. The predicted octanol–water partition coefficient (Wildman–Crippen LogP) is 6.30. The molecule has 0 bridgehead atoms. The second kappa shape index (κ2) is 5.65. The Morgan fingerprint density at radius 2 is 1.75 bits per heavy atom. The smallest absolute Gasteiger partial charge is 0.0292 e. The second-order valence-electron chi connectivity index (χ2n) is 9.08. The van der Waals surface area contributed by atoms with Crippen LogP contribution in [0.15, 0.2) is 0 Å². The molecule has 7 atom stereocenters. The molecule has 7 unspecified atom stereocenters. The van der Waals surface area contributed by atoms with E-state index in [2.05, 4.69) is 27.7 Å². The van der Waals surface area contributed by atoms with E-state index in [1.54, 1.807) is 32.1 Å². The van der Waals surface area contributed by atoms with E-state index < -0.39 is 0 Å². The molecule has 20 heavy (non-hydrogen) atoms. The van der Waals surface area contributed by atoms with E-state index in [-0.39, 0.29) is 0 Å². The SMILES string of the molecule is CCCC1CCC2CC3(C)CC(C)C(C)CC3CCC12. The fourth-order valence-electron chi connectivity index (χ4n) is 6.47. The highest BCUT2D eigenvalue weighted by Crippen LogP contribution is 2.58. The first-order chi connectivity index (χ1) is 9.53. The van der Waals surface area contributed by atoms with Crippen LogP contribution in [0.3, 0.4) is 0 Å². The summed E-state index contributed by atoms with van der Waals surface area (Å²) in [5.74, 6) is 6.24. The molecule has 3 aliphatic carbocycles. The van der Waals surface area contributed by atoms with E-state index in [0.717, 1.165) is 35.5 Å². The maximum absolute atomic E-state index is 2.66. The van der Waals surface area contributed by atoms with Crippen LogP contribution >= 0.6 is 0 Å². The summed E-state index contributed by atoms with van der Waals surface area (Å²) in [6.45, 7) is 10.1. The molecular formula is C20H36. The molecule has 0 saturated heterocycles. The lowest BCUT2D eigenvalue weighted by molar-refractivity contribution is 0.0300. The van der Waals surface area contributed by atoms with Crippen molar-refractivity contribution in [2.24, 2.45) is 40.9 Å². The Hall–Kier alpha value is 0. The molecule has 3 fully saturated rings. The van der Waals surface area contributed by atoms with Crippen LogP contribution in [0, 0.1) is 40.9 Å². The van der Waals surface area contributed by atoms with Gasteiger partial charge in [0.25, 0.3) is 0 Å². The van der Waals surface area contributed by atoms with Gasteiger partial charge in [0, 0.05) is 0 Å². The molecule has 0 amide bonds. The molecule has 0 N–H and O–H groups in total. The average molecular weight is 277 g/mol. The number of hydrogen-bond acceptors (Lipinski definition) is 0. The van der Waals surface area contributed by atoms with Crippen LogP contribution < -0.4 is 0 Å². The second-order valence-corrected chi connectivity index (χ2v) is 9.08. The Morgan fingerprint density at radius 3 is 2.50 bits per heavy atom. The third-order valence-electron chi connectivity index (χ3n) is 7.76. The number of rotatable bonds is 2. The van der Waals surface area contributed by atoms with Crippen molar-refractivity contribution in [3.05, 3.63) is 0 Å². The quantitative estimate of drug-likeness (QED) is 0.555. The molecule has 116 valence electrons. The molecule has 0 radical (unpaired) electrons. The fourth-order valence-corrected chi connectivity index (χ4v) is 6.47. The largest absolute Gasteiger partial charge is 0.0654 e. The first-order valence-corrected chi connectivity index (χ1v) is 9.53. The van der Waals surface area contributed by atoms with Crippen LogP contribution in [0.5, 0.6) is 0 Å². The van der Waals surface area contributed by atoms with E-state index >= 15 is 0 Å². The zero-order chi connectivity index (χ0) is 14.3. The molecule has 0 heteroatoms. The molecule has 0 nitrogen and oxygen atoms in total. The zero-order valence-electron chi connectivity index (χ0n) is 14.3. The van der Waals surface area contributed by atoms with Crippen LogP contribution in [0.2, 0.25) is 0 Å². The summed E-state index contributed by atoms with van der Waals surface area (Å²) in [5.41, 5.74) is 0.687. The first-order valence-electron chi connectivity index (χ1n) is 9.53. The molecule has 0 aliphatic heterocycles. The molecule has 3 saturated carbocycles. The minimum absolute atomic E-state index is 0.687. The first kappa shape index (κ1) is 14.9. The van der Waals surface area contributed by atoms with Gasteiger partial charge in [-0.15, -0.1) is 0 Å². The Balaban J connectivity index is 1.75. The van der Waals surface area contributed by atoms with Crippen LogP contribution in [0.25, 0.3) is 0 Å². The maximum Gasteiger partial charge on any atom is -0.0292 e. The third kappa shape index (κ3) is 2.57. The summed E-state index contributed by atoms with van der Waals surface area (Å²) in [6, 6.07) is 0. The maximum atomic E-state index is 2.66. The summed E-state index contributed by atoms with van der Waals surface area (Å²) in [5, 5.41) is 0. The van der Waals surface area contributed by atoms with Gasteiger partial charge >= 0.3 is 0 Å². The van der Waals surface area contributed by atoms with Gasteiger partial charge in [-0.2, -0.15) is 0 Å². The van der Waals surface area contributed by atoms with Crippen molar-refractivity contribution in [3.8, 4) is 0 Å². The van der Waals surface area contributed by atoms with Gasteiger partial charge in [-0.1, -0.05) is 40.5 Å². The van der Waals surface area contributed by atoms with Crippen LogP contribution in [-0.4, -0.2) is 0 Å². The van der Waals surface area contributed by atoms with Gasteiger partial charge in [0.1, 0.15) is 0 Å². The van der Waals surface area contributed by atoms with E-state index in [4.69, 9.17) is 0 Å². The zero-order valence-corrected chi connectivity index (χ0v) is 14.3. The molecule has 0 aromatic heterocycles. The Labute approximate surface area is 127 Å². The molecule has 0 aromatic rings. The van der Waals surface area contributed by atoms with Crippen LogP contribution in [0.4, 0.5) is 0 Å². The highest BCUT2D eigenvalue weighted by atomic mass is 14.5. The van der Waals surface area contributed by atoms with Gasteiger partial charge in [0.05, 0.1) is 0 Å². The van der Waals surface area contributed by atoms with E-state index in [0.29, 0.717) is 5.41 Å². The van der Waals surface area contributed by atoms with E-state index in [1.807, 2.05) is 0 Å². The van der Waals surface area contributed by atoms with Gasteiger partial charge < -0.3 is 0 Å². The predicted molar refractivity (Wildman–Crippen MR) is 87.6 cm³/mol. The van der Waals surface area contributed by atoms with Crippen molar-refractivity contribution in [2.75, 3.05) is 0 Å². The molecule has 0 aromatic carbocycles. The molecule has 3 aliphatic rings. The summed E-state index contributed by atoms with van der Waals surface area (Å²) in [4.78, 5) is 0. The lowest BCUT2D eigenvalue weighted by Gasteiger charge is -2.47. The van der Waals surface area contributed by atoms with Crippen molar-refractivity contribution in [3.63, 3.8) is 0 Å². The normalized spacial score (nSPS) is 52.2. The fraction of sp³-hybridized carbons (Fsp3) is 1.00. The Kier molecular flexibility index (Phi) is 4.22. The summed E-state index contributed by atoms with van der Waals surface area (Å²) >= 11 is 0. The van der Waals surface area contributed by atoms with Crippen molar-refractivity contribution < 1.29 is 0 Å². The van der Waals surface area contributed by atoms with Crippen molar-refractivity contribution >= 4 is 0 Å². The molecule has 0 heterocycles. The highest BCUT2D eigenvalue weighted by Gasteiger charge is 2.48. The summed E-state index contributed by atoms with van der Waals surface area (Å²) in [6.07, 6.45) is 13.7. The monoisotopic (exact) mass is 276 g/mol. The number of fused-ring (bicyclic) bond motifs is 2. The van der Waals surface area contributed by atoms with Gasteiger partial charge in [-0.3, -0.25) is 0 Å². The Bertz CT molecular complexity index is 333. The lowest BCUT2D eigenvalue weighted by atomic mass is 9.58. The minimum atomic E-state index is 0.687. The van der Waals surface area contributed by atoms with Gasteiger partial charge in [0.15, 0.2) is 0 Å². The van der Waals surface area contributed by atoms with Crippen LogP contribution in [-0.2, 0) is 0 Å². The van der Waals surface area contributed by atoms with Crippen molar-refractivity contribution in [1.29, 1.82) is 0 Å². The van der Waals surface area contributed by atoms with Gasteiger partial charge in [0.2, 0.25) is 0 Å². The van der Waals surface area contributed by atoms with Crippen molar-refractivity contribution in [1.82, 2.24) is 0 Å². The summed E-state index contributed by atoms with van der Waals surface area (Å²) in [7, 11) is 0. The topological polar surface area (TPSA) is 0 Å². The highest BCUT2D eigenvalue weighted by molar-refractivity contribution is 4.98. The Morgan fingerprint density at radius 1 is 0.950 bits per heavy atom. The third-order valence-corrected chi connectivity index (χ3v) is 7.76. The number of hydrogen-bond donors (Lipinski definition) is 0. The van der Waals surface area contributed by atoms with Gasteiger partial charge in [-0.05, 0) is 85.9 Å². The van der Waals surface area contributed by atoms with E-state index in [1.165, 1.54) is 25.7 Å². The minimum Gasteiger partial charge on any atom is -0.0654 e. The van der Waals surface area contributed by atoms with Crippen molar-refractivity contribution in [2.45, 2.75) is 85.5 Å². The standard InChI is InChI=1S/C20H36/c1-5-6-16-7-8-17-13-20(4)12-15(3)14(2)11-18(20)9-10-19(16)17/h14-19H,5-13H2,1-4H3. The molecule has 0 spiro atoms. The molecule has 3 rings (SSSR count). The van der Waals surface area contributed by atoms with Gasteiger partial charge in [-0.25, -0.2) is 0 Å².